The van der Waals surface area contributed by atoms with E-state index in [1.165, 1.54) is 30.3 Å². The Balaban J connectivity index is 1.64. The summed E-state index contributed by atoms with van der Waals surface area (Å²) in [4.78, 5) is 29.2. The second kappa shape index (κ2) is 8.74. The van der Waals surface area contributed by atoms with Gasteiger partial charge in [-0.2, -0.15) is 0 Å². The molecule has 0 aliphatic carbocycles. The largest absolute Gasteiger partial charge is 0.586 e. The van der Waals surface area contributed by atoms with Crippen LogP contribution in [0.2, 0.25) is 5.15 Å². The molecule has 3 heterocycles. The minimum Gasteiger partial charge on any atom is -0.483 e. The Hall–Kier alpha value is -4.18. The molecule has 8 nitrogen and oxygen atoms in total. The number of carbonyl (C=O) groups excluding carboxylic acids is 1. The molecular formula is C26H19ClF2N2O6. The molecule has 1 aliphatic heterocycles. The summed E-state index contributed by atoms with van der Waals surface area (Å²) in [5.41, 5.74) is 7.10. The van der Waals surface area contributed by atoms with Crippen LogP contribution < -0.4 is 25.4 Å². The number of benzene rings is 2. The van der Waals surface area contributed by atoms with Crippen LogP contribution >= 0.6 is 11.6 Å². The molecule has 37 heavy (non-hydrogen) atoms. The summed E-state index contributed by atoms with van der Waals surface area (Å²) in [5, 5.41) is 0.380. The van der Waals surface area contributed by atoms with Crippen molar-refractivity contribution in [2.24, 2.45) is 5.73 Å². The molecule has 0 saturated heterocycles. The summed E-state index contributed by atoms with van der Waals surface area (Å²) in [6.07, 6.45) is -4.50. The minimum absolute atomic E-state index is 0.0717. The van der Waals surface area contributed by atoms with Gasteiger partial charge in [0.2, 0.25) is 0 Å². The monoisotopic (exact) mass is 528 g/mol. The molecule has 190 valence electrons. The van der Waals surface area contributed by atoms with E-state index in [4.69, 9.17) is 26.5 Å². The fraction of sp³-hybridized carbons (Fsp3) is 0.192. The first-order valence-corrected chi connectivity index (χ1v) is 11.4. The van der Waals surface area contributed by atoms with Crippen LogP contribution in [-0.4, -0.2) is 17.2 Å². The number of fused-ring (bicyclic) bond motifs is 2. The fourth-order valence-corrected chi connectivity index (χ4v) is 4.33. The zero-order valence-corrected chi connectivity index (χ0v) is 20.5. The van der Waals surface area contributed by atoms with E-state index in [0.717, 1.165) is 5.56 Å². The van der Waals surface area contributed by atoms with Crippen molar-refractivity contribution in [2.45, 2.75) is 33.2 Å². The summed E-state index contributed by atoms with van der Waals surface area (Å²) in [6.45, 7) is 5.10. The number of ether oxygens (including phenoxy) is 3. The smallest absolute Gasteiger partial charge is 0.483 e. The average Bonchev–Trinajstić information content (AvgIpc) is 3.15. The van der Waals surface area contributed by atoms with E-state index < -0.39 is 18.3 Å². The van der Waals surface area contributed by atoms with E-state index in [2.05, 4.69) is 14.5 Å². The third-order valence-electron chi connectivity index (χ3n) is 5.85. The van der Waals surface area contributed by atoms with Crippen LogP contribution in [0.15, 0.2) is 51.7 Å². The molecule has 2 N–H and O–H groups in total. The number of nitrogens with zero attached hydrogens (tertiary/aromatic N) is 1. The summed E-state index contributed by atoms with van der Waals surface area (Å²) in [7, 11) is 0. The van der Waals surface area contributed by atoms with E-state index in [-0.39, 0.29) is 50.4 Å². The van der Waals surface area contributed by atoms with Gasteiger partial charge < -0.3 is 24.4 Å². The standard InChI is InChI=1S/C26H19ClF2N2O6/c1-11-8-15(13(3)34-18-6-7-20(27)31-21(18)25(30)33)24-16(9-11)22(32)12(2)23(35-24)14-4-5-17-19(10-14)37-26(28,29)36-17/h4-10,13H,1-3H3,(H2,30,33)/t13-/m1/s1. The molecule has 5 rings (SSSR count). The minimum atomic E-state index is -3.78. The predicted molar refractivity (Wildman–Crippen MR) is 130 cm³/mol. The van der Waals surface area contributed by atoms with Crippen LogP contribution in [0.3, 0.4) is 0 Å². The highest BCUT2D eigenvalue weighted by molar-refractivity contribution is 6.29. The van der Waals surface area contributed by atoms with Gasteiger partial charge in [0.25, 0.3) is 5.91 Å². The van der Waals surface area contributed by atoms with E-state index in [1.54, 1.807) is 26.0 Å². The van der Waals surface area contributed by atoms with Crippen LogP contribution in [0.1, 0.15) is 40.2 Å². The summed E-state index contributed by atoms with van der Waals surface area (Å²) in [6, 6.07) is 10.5. The number of amides is 1. The number of nitrogens with two attached hydrogens (primary N) is 1. The normalized spacial score (nSPS) is 14.5. The van der Waals surface area contributed by atoms with Gasteiger partial charge in [-0.15, -0.1) is 8.78 Å². The second-order valence-corrected chi connectivity index (χ2v) is 8.94. The van der Waals surface area contributed by atoms with E-state index in [0.29, 0.717) is 16.5 Å². The Morgan fingerprint density at radius 1 is 1.11 bits per heavy atom. The molecule has 1 aliphatic rings. The predicted octanol–water partition coefficient (Wildman–Crippen LogP) is 5.69. The van der Waals surface area contributed by atoms with Crippen LogP contribution in [0, 0.1) is 13.8 Å². The van der Waals surface area contributed by atoms with Crippen molar-refractivity contribution in [1.29, 1.82) is 0 Å². The average molecular weight is 529 g/mol. The quantitative estimate of drug-likeness (QED) is 0.331. The number of aromatic nitrogens is 1. The molecule has 0 bridgehead atoms. The van der Waals surface area contributed by atoms with Gasteiger partial charge in [-0.1, -0.05) is 11.6 Å². The van der Waals surface area contributed by atoms with E-state index in [1.807, 2.05) is 6.92 Å². The fourth-order valence-electron chi connectivity index (χ4n) is 4.18. The summed E-state index contributed by atoms with van der Waals surface area (Å²) in [5.74, 6) is -0.862. The van der Waals surface area contributed by atoms with Crippen molar-refractivity contribution < 1.29 is 32.2 Å². The molecule has 0 spiro atoms. The van der Waals surface area contributed by atoms with Gasteiger partial charge in [-0.05, 0) is 68.8 Å². The Bertz CT molecular complexity index is 1650. The molecule has 4 aromatic rings. The summed E-state index contributed by atoms with van der Waals surface area (Å²) < 4.78 is 48.2. The Morgan fingerprint density at radius 2 is 1.84 bits per heavy atom. The highest BCUT2D eigenvalue weighted by Gasteiger charge is 2.43. The van der Waals surface area contributed by atoms with Crippen LogP contribution in [-0.2, 0) is 0 Å². The lowest BCUT2D eigenvalue weighted by Gasteiger charge is -2.19. The van der Waals surface area contributed by atoms with Gasteiger partial charge >= 0.3 is 6.29 Å². The van der Waals surface area contributed by atoms with Crippen LogP contribution in [0.4, 0.5) is 8.78 Å². The van der Waals surface area contributed by atoms with Crippen molar-refractivity contribution in [3.63, 3.8) is 0 Å². The third-order valence-corrected chi connectivity index (χ3v) is 6.07. The lowest BCUT2D eigenvalue weighted by molar-refractivity contribution is -0.286. The van der Waals surface area contributed by atoms with Gasteiger partial charge in [0, 0.05) is 16.7 Å². The van der Waals surface area contributed by atoms with E-state index in [9.17, 15) is 18.4 Å². The zero-order chi connectivity index (χ0) is 26.6. The molecule has 0 fully saturated rings. The van der Waals surface area contributed by atoms with Crippen LogP contribution in [0.25, 0.3) is 22.3 Å². The number of carbonyl (C=O) groups is 1. The van der Waals surface area contributed by atoms with E-state index >= 15 is 0 Å². The number of primary amides is 1. The number of hydrogen-bond donors (Lipinski definition) is 1. The zero-order valence-electron chi connectivity index (χ0n) is 19.7. The van der Waals surface area contributed by atoms with Crippen molar-refractivity contribution in [3.8, 4) is 28.6 Å². The van der Waals surface area contributed by atoms with Gasteiger partial charge in [0.05, 0.1) is 5.39 Å². The highest BCUT2D eigenvalue weighted by Crippen LogP contribution is 2.43. The van der Waals surface area contributed by atoms with Gasteiger partial charge in [0.15, 0.2) is 28.4 Å². The second-order valence-electron chi connectivity index (χ2n) is 8.55. The first kappa shape index (κ1) is 24.5. The Morgan fingerprint density at radius 3 is 2.57 bits per heavy atom. The first-order valence-electron chi connectivity index (χ1n) is 11.0. The molecule has 2 aromatic heterocycles. The first-order chi connectivity index (χ1) is 17.4. The van der Waals surface area contributed by atoms with Crippen molar-refractivity contribution in [1.82, 2.24) is 4.98 Å². The summed E-state index contributed by atoms with van der Waals surface area (Å²) >= 11 is 5.89. The van der Waals surface area contributed by atoms with Crippen LogP contribution in [0.5, 0.6) is 17.2 Å². The highest BCUT2D eigenvalue weighted by atomic mass is 35.5. The number of alkyl halides is 2. The number of aryl methyl sites for hydroxylation is 1. The Kier molecular flexibility index (Phi) is 5.79. The molecule has 11 heteroatoms. The lowest BCUT2D eigenvalue weighted by atomic mass is 10.00. The van der Waals surface area contributed by atoms with Gasteiger partial charge in [-0.25, -0.2) is 4.98 Å². The molecule has 1 amide bonds. The molecule has 1 atom stereocenters. The van der Waals surface area contributed by atoms with Crippen molar-refractivity contribution in [3.05, 3.63) is 80.2 Å². The Labute approximate surface area is 213 Å². The number of rotatable bonds is 5. The van der Waals surface area contributed by atoms with Gasteiger partial charge in [0.1, 0.15) is 22.6 Å². The SMILES string of the molecule is Cc1cc([C@@H](C)Oc2ccc(Cl)nc2C(N)=O)c2oc(-c3ccc4c(c3)OC(F)(F)O4)c(C)c(=O)c2c1. The maximum absolute atomic E-state index is 13.5. The molecule has 0 saturated carbocycles. The van der Waals surface area contributed by atoms with Crippen molar-refractivity contribution >= 4 is 28.5 Å². The molecular weight excluding hydrogens is 510 g/mol. The number of halogens is 3. The molecule has 0 unspecified atom stereocenters. The lowest BCUT2D eigenvalue weighted by Crippen LogP contribution is -2.25. The van der Waals surface area contributed by atoms with Gasteiger partial charge in [-0.3, -0.25) is 9.59 Å². The molecule has 2 aromatic carbocycles. The maximum atomic E-state index is 13.5. The third kappa shape index (κ3) is 4.44. The maximum Gasteiger partial charge on any atom is 0.586 e. The van der Waals surface area contributed by atoms with Crippen molar-refractivity contribution in [2.75, 3.05) is 0 Å². The number of hydrogen-bond acceptors (Lipinski definition) is 7. The topological polar surface area (TPSA) is 114 Å². The molecule has 0 radical (unpaired) electrons. The number of pyridine rings is 1.